The first-order chi connectivity index (χ1) is 8.28. The Morgan fingerprint density at radius 3 is 2.35 bits per heavy atom. The van der Waals surface area contributed by atoms with E-state index in [0.29, 0.717) is 6.61 Å². The number of rotatable bonds is 5. The van der Waals surface area contributed by atoms with Crippen LogP contribution in [0.15, 0.2) is 0 Å². The number of hydrogen-bond acceptors (Lipinski definition) is 2. The Labute approximate surface area is 106 Å². The van der Waals surface area contributed by atoms with E-state index in [1.165, 1.54) is 64.6 Å². The van der Waals surface area contributed by atoms with E-state index in [1.54, 1.807) is 0 Å². The molecule has 0 atom stereocenters. The second kappa shape index (κ2) is 6.19. The first-order valence-electron chi connectivity index (χ1n) is 7.61. The van der Waals surface area contributed by atoms with E-state index in [0.717, 1.165) is 12.3 Å². The Bertz CT molecular complexity index is 206. The van der Waals surface area contributed by atoms with Gasteiger partial charge in [-0.3, -0.25) is 0 Å². The van der Waals surface area contributed by atoms with Crippen LogP contribution in [-0.4, -0.2) is 36.2 Å². The molecule has 1 aliphatic heterocycles. The SMILES string of the molecule is CCC1(CO)CCN(CCC2CCCC2)CC1. The van der Waals surface area contributed by atoms with Crippen molar-refractivity contribution in [2.24, 2.45) is 11.3 Å². The minimum atomic E-state index is 0.254. The summed E-state index contributed by atoms with van der Waals surface area (Å²) in [6.07, 6.45) is 10.8. The van der Waals surface area contributed by atoms with E-state index in [9.17, 15) is 5.11 Å². The van der Waals surface area contributed by atoms with Gasteiger partial charge in [0, 0.05) is 6.61 Å². The molecular weight excluding hydrogens is 210 g/mol. The van der Waals surface area contributed by atoms with Crippen LogP contribution in [0.2, 0.25) is 0 Å². The van der Waals surface area contributed by atoms with Gasteiger partial charge in [0.25, 0.3) is 0 Å². The molecular formula is C15H29NO. The van der Waals surface area contributed by atoms with Crippen LogP contribution >= 0.6 is 0 Å². The lowest BCUT2D eigenvalue weighted by molar-refractivity contribution is 0.0392. The van der Waals surface area contributed by atoms with Crippen LogP contribution in [0.4, 0.5) is 0 Å². The third-order valence-corrected chi connectivity index (χ3v) is 5.33. The summed E-state index contributed by atoms with van der Waals surface area (Å²) in [6, 6.07) is 0. The predicted octanol–water partition coefficient (Wildman–Crippen LogP) is 3.05. The summed E-state index contributed by atoms with van der Waals surface area (Å²) in [6.45, 7) is 6.34. The van der Waals surface area contributed by atoms with Gasteiger partial charge in [0.15, 0.2) is 0 Å². The van der Waals surface area contributed by atoms with Crippen LogP contribution in [0.3, 0.4) is 0 Å². The van der Waals surface area contributed by atoms with Gasteiger partial charge in [0.2, 0.25) is 0 Å². The fourth-order valence-electron chi connectivity index (χ4n) is 3.54. The van der Waals surface area contributed by atoms with Crippen molar-refractivity contribution in [2.45, 2.75) is 58.3 Å². The molecule has 100 valence electrons. The van der Waals surface area contributed by atoms with Gasteiger partial charge in [-0.05, 0) is 56.7 Å². The summed E-state index contributed by atoms with van der Waals surface area (Å²) in [7, 11) is 0. The molecule has 0 aromatic carbocycles. The van der Waals surface area contributed by atoms with E-state index in [4.69, 9.17) is 0 Å². The van der Waals surface area contributed by atoms with Crippen LogP contribution in [0, 0.1) is 11.3 Å². The molecule has 1 N–H and O–H groups in total. The first-order valence-corrected chi connectivity index (χ1v) is 7.61. The van der Waals surface area contributed by atoms with Gasteiger partial charge in [0.1, 0.15) is 0 Å². The van der Waals surface area contributed by atoms with Gasteiger partial charge in [-0.1, -0.05) is 32.6 Å². The van der Waals surface area contributed by atoms with Crippen molar-refractivity contribution in [1.82, 2.24) is 4.90 Å². The Morgan fingerprint density at radius 1 is 1.18 bits per heavy atom. The molecule has 0 amide bonds. The van der Waals surface area contributed by atoms with Crippen molar-refractivity contribution < 1.29 is 5.11 Å². The molecule has 1 saturated carbocycles. The lowest BCUT2D eigenvalue weighted by atomic mass is 9.77. The maximum atomic E-state index is 9.51. The molecule has 0 aromatic rings. The molecule has 0 bridgehead atoms. The van der Waals surface area contributed by atoms with E-state index in [1.807, 2.05) is 0 Å². The average Bonchev–Trinajstić information content (AvgIpc) is 2.90. The molecule has 1 heterocycles. The predicted molar refractivity (Wildman–Crippen MR) is 72.1 cm³/mol. The highest BCUT2D eigenvalue weighted by Crippen LogP contribution is 2.35. The number of nitrogens with zero attached hydrogens (tertiary/aromatic N) is 1. The molecule has 2 heteroatoms. The smallest absolute Gasteiger partial charge is 0.0488 e. The zero-order valence-electron chi connectivity index (χ0n) is 11.5. The lowest BCUT2D eigenvalue weighted by Gasteiger charge is -2.40. The fourth-order valence-corrected chi connectivity index (χ4v) is 3.54. The Morgan fingerprint density at radius 2 is 1.82 bits per heavy atom. The van der Waals surface area contributed by atoms with Gasteiger partial charge < -0.3 is 10.0 Å². The van der Waals surface area contributed by atoms with Crippen molar-refractivity contribution in [3.63, 3.8) is 0 Å². The molecule has 0 radical (unpaired) electrons. The van der Waals surface area contributed by atoms with Crippen LogP contribution < -0.4 is 0 Å². The molecule has 2 fully saturated rings. The van der Waals surface area contributed by atoms with Crippen LogP contribution in [0.5, 0.6) is 0 Å². The van der Waals surface area contributed by atoms with E-state index >= 15 is 0 Å². The zero-order chi connectivity index (χ0) is 12.1. The molecule has 0 unspecified atom stereocenters. The van der Waals surface area contributed by atoms with Gasteiger partial charge in [-0.25, -0.2) is 0 Å². The van der Waals surface area contributed by atoms with Crippen molar-refractivity contribution in [3.8, 4) is 0 Å². The van der Waals surface area contributed by atoms with Gasteiger partial charge in [-0.2, -0.15) is 0 Å². The molecule has 1 saturated heterocycles. The number of aliphatic hydroxyl groups is 1. The van der Waals surface area contributed by atoms with Gasteiger partial charge in [0.05, 0.1) is 0 Å². The number of piperidine rings is 1. The highest BCUT2D eigenvalue weighted by molar-refractivity contribution is 4.84. The topological polar surface area (TPSA) is 23.5 Å². The number of hydrogen-bond donors (Lipinski definition) is 1. The lowest BCUT2D eigenvalue weighted by Crippen LogP contribution is -2.42. The zero-order valence-corrected chi connectivity index (χ0v) is 11.5. The monoisotopic (exact) mass is 239 g/mol. The second-order valence-corrected chi connectivity index (χ2v) is 6.29. The van der Waals surface area contributed by atoms with Crippen LogP contribution in [0.1, 0.15) is 58.3 Å². The summed E-state index contributed by atoms with van der Waals surface area (Å²) in [5.41, 5.74) is 0.254. The molecule has 2 rings (SSSR count). The molecule has 0 aromatic heterocycles. The average molecular weight is 239 g/mol. The highest BCUT2D eigenvalue weighted by Gasteiger charge is 2.32. The number of aliphatic hydroxyl groups excluding tert-OH is 1. The minimum Gasteiger partial charge on any atom is -0.396 e. The molecule has 2 nitrogen and oxygen atoms in total. The van der Waals surface area contributed by atoms with Crippen molar-refractivity contribution >= 4 is 0 Å². The summed E-state index contributed by atoms with van der Waals surface area (Å²) < 4.78 is 0. The maximum Gasteiger partial charge on any atom is 0.0488 e. The van der Waals surface area contributed by atoms with Crippen molar-refractivity contribution in [2.75, 3.05) is 26.2 Å². The quantitative estimate of drug-likeness (QED) is 0.797. The summed E-state index contributed by atoms with van der Waals surface area (Å²) >= 11 is 0. The largest absolute Gasteiger partial charge is 0.396 e. The van der Waals surface area contributed by atoms with E-state index in [2.05, 4.69) is 11.8 Å². The normalized spacial score (nSPS) is 26.5. The Kier molecular flexibility index (Phi) is 4.87. The van der Waals surface area contributed by atoms with E-state index in [-0.39, 0.29) is 5.41 Å². The van der Waals surface area contributed by atoms with Crippen molar-refractivity contribution in [1.29, 1.82) is 0 Å². The summed E-state index contributed by atoms with van der Waals surface area (Å²) in [5, 5.41) is 9.51. The van der Waals surface area contributed by atoms with Crippen LogP contribution in [0.25, 0.3) is 0 Å². The third kappa shape index (κ3) is 3.45. The summed E-state index contributed by atoms with van der Waals surface area (Å²) in [4.78, 5) is 2.63. The molecule has 2 aliphatic rings. The van der Waals surface area contributed by atoms with Crippen molar-refractivity contribution in [3.05, 3.63) is 0 Å². The standard InChI is InChI=1S/C15H29NO/c1-2-15(13-17)8-11-16(12-9-15)10-7-14-5-3-4-6-14/h14,17H,2-13H2,1H3. The Hall–Kier alpha value is -0.0800. The summed E-state index contributed by atoms with van der Waals surface area (Å²) in [5.74, 6) is 1.02. The number of likely N-dealkylation sites (tertiary alicyclic amines) is 1. The first kappa shape index (κ1) is 13.4. The molecule has 0 spiro atoms. The van der Waals surface area contributed by atoms with Crippen LogP contribution in [-0.2, 0) is 0 Å². The maximum absolute atomic E-state index is 9.51. The molecule has 17 heavy (non-hydrogen) atoms. The van der Waals surface area contributed by atoms with E-state index < -0.39 is 0 Å². The second-order valence-electron chi connectivity index (χ2n) is 6.29. The highest BCUT2D eigenvalue weighted by atomic mass is 16.3. The van der Waals surface area contributed by atoms with Gasteiger partial charge >= 0.3 is 0 Å². The van der Waals surface area contributed by atoms with Gasteiger partial charge in [-0.15, -0.1) is 0 Å². The Balaban J connectivity index is 1.68. The fraction of sp³-hybridized carbons (Fsp3) is 1.00. The minimum absolute atomic E-state index is 0.254. The molecule has 1 aliphatic carbocycles. The third-order valence-electron chi connectivity index (χ3n) is 5.33.